The summed E-state index contributed by atoms with van der Waals surface area (Å²) in [7, 11) is 0. The van der Waals surface area contributed by atoms with Crippen molar-refractivity contribution in [1.82, 2.24) is 9.97 Å². The van der Waals surface area contributed by atoms with Crippen LogP contribution in [0, 0.1) is 0 Å². The summed E-state index contributed by atoms with van der Waals surface area (Å²) >= 11 is 0. The normalized spacial score (nSPS) is 23.5. The second-order valence-electron chi connectivity index (χ2n) is 5.39. The number of nitrogens with one attached hydrogen (secondary N) is 1. The van der Waals surface area contributed by atoms with Crippen LogP contribution in [0.3, 0.4) is 0 Å². The van der Waals surface area contributed by atoms with Crippen molar-refractivity contribution in [1.29, 1.82) is 0 Å². The molecular formula is C14H22N4O. The average molecular weight is 262 g/mol. The molecule has 19 heavy (non-hydrogen) atoms. The van der Waals surface area contributed by atoms with Gasteiger partial charge in [-0.1, -0.05) is 0 Å². The van der Waals surface area contributed by atoms with Crippen LogP contribution in [0.2, 0.25) is 0 Å². The van der Waals surface area contributed by atoms with Gasteiger partial charge in [-0.15, -0.1) is 0 Å². The Labute approximate surface area is 114 Å². The molecule has 104 valence electrons. The summed E-state index contributed by atoms with van der Waals surface area (Å²) in [5.74, 6) is 3.58. The van der Waals surface area contributed by atoms with Crippen LogP contribution < -0.4 is 10.2 Å². The molecule has 2 fully saturated rings. The third kappa shape index (κ3) is 2.81. The number of ether oxygens (including phenoxy) is 1. The molecule has 1 unspecified atom stereocenters. The van der Waals surface area contributed by atoms with Crippen LogP contribution in [0.5, 0.6) is 0 Å². The molecule has 1 saturated heterocycles. The van der Waals surface area contributed by atoms with Gasteiger partial charge in [0.2, 0.25) is 0 Å². The maximum atomic E-state index is 5.50. The lowest BCUT2D eigenvalue weighted by molar-refractivity contribution is 0.0985. The van der Waals surface area contributed by atoms with E-state index in [0.717, 1.165) is 43.8 Å². The molecular weight excluding hydrogens is 240 g/mol. The van der Waals surface area contributed by atoms with Gasteiger partial charge in [-0.25, -0.2) is 9.97 Å². The van der Waals surface area contributed by atoms with Gasteiger partial charge in [0.25, 0.3) is 0 Å². The molecule has 1 aromatic heterocycles. The zero-order chi connectivity index (χ0) is 13.2. The average Bonchev–Trinajstić information content (AvgIpc) is 3.23. The lowest BCUT2D eigenvalue weighted by Crippen LogP contribution is -2.44. The lowest BCUT2D eigenvalue weighted by Gasteiger charge is -2.34. The summed E-state index contributed by atoms with van der Waals surface area (Å²) in [5, 5.41) is 3.32. The maximum absolute atomic E-state index is 5.50. The number of anilines is 2. The van der Waals surface area contributed by atoms with Crippen LogP contribution in [-0.4, -0.2) is 42.3 Å². The maximum Gasteiger partial charge on any atom is 0.136 e. The Morgan fingerprint density at radius 1 is 1.42 bits per heavy atom. The highest BCUT2D eigenvalue weighted by Gasteiger charge is 2.29. The van der Waals surface area contributed by atoms with Gasteiger partial charge < -0.3 is 15.0 Å². The molecule has 5 nitrogen and oxygen atoms in total. The molecule has 0 aromatic carbocycles. The molecule has 0 amide bonds. The Bertz CT molecular complexity index is 447. The van der Waals surface area contributed by atoms with Gasteiger partial charge in [0.05, 0.1) is 19.3 Å². The van der Waals surface area contributed by atoms with E-state index < -0.39 is 0 Å². The fraction of sp³-hybridized carbons (Fsp3) is 0.714. The van der Waals surface area contributed by atoms with Crippen molar-refractivity contribution in [3.05, 3.63) is 11.9 Å². The first-order chi connectivity index (χ1) is 9.28. The predicted octanol–water partition coefficient (Wildman–Crippen LogP) is 2.01. The van der Waals surface area contributed by atoms with Gasteiger partial charge in [0, 0.05) is 25.1 Å². The Balaban J connectivity index is 1.89. The van der Waals surface area contributed by atoms with E-state index in [1.165, 1.54) is 12.8 Å². The van der Waals surface area contributed by atoms with Crippen LogP contribution in [0.25, 0.3) is 0 Å². The van der Waals surface area contributed by atoms with E-state index in [1.807, 2.05) is 0 Å². The molecule has 1 aromatic rings. The molecule has 5 heteroatoms. The number of rotatable bonds is 4. The van der Waals surface area contributed by atoms with Crippen LogP contribution in [0.15, 0.2) is 6.07 Å². The molecule has 1 aliphatic carbocycles. The van der Waals surface area contributed by atoms with E-state index in [4.69, 9.17) is 9.72 Å². The second kappa shape index (κ2) is 5.33. The zero-order valence-corrected chi connectivity index (χ0v) is 11.7. The van der Waals surface area contributed by atoms with Gasteiger partial charge in [-0.05, 0) is 26.7 Å². The summed E-state index contributed by atoms with van der Waals surface area (Å²) in [6.07, 6.45) is 2.46. The third-order valence-corrected chi connectivity index (χ3v) is 3.69. The van der Waals surface area contributed by atoms with Crippen LogP contribution in [0.4, 0.5) is 11.6 Å². The summed E-state index contributed by atoms with van der Waals surface area (Å²) in [6, 6.07) is 2.45. The second-order valence-corrected chi connectivity index (χ2v) is 5.39. The van der Waals surface area contributed by atoms with E-state index in [9.17, 15) is 0 Å². The first kappa shape index (κ1) is 12.7. The van der Waals surface area contributed by atoms with Crippen molar-refractivity contribution in [2.45, 2.75) is 38.6 Å². The highest BCUT2D eigenvalue weighted by molar-refractivity contribution is 5.51. The molecule has 2 heterocycles. The molecule has 3 rings (SSSR count). The third-order valence-electron chi connectivity index (χ3n) is 3.69. The van der Waals surface area contributed by atoms with E-state index in [-0.39, 0.29) is 0 Å². The number of morpholine rings is 1. The summed E-state index contributed by atoms with van der Waals surface area (Å²) < 4.78 is 5.50. The van der Waals surface area contributed by atoms with Gasteiger partial charge >= 0.3 is 0 Å². The standard InChI is InChI=1S/C14H22N4O/c1-3-15-12-8-13(17-14(16-12)11-4-5-11)18-6-7-19-9-10(18)2/h8,10-11H,3-7,9H2,1-2H3,(H,15,16,17). The van der Waals surface area contributed by atoms with Gasteiger partial charge in [0.1, 0.15) is 17.5 Å². The Hall–Kier alpha value is -1.36. The Kier molecular flexibility index (Phi) is 3.55. The van der Waals surface area contributed by atoms with Crippen LogP contribution in [0.1, 0.15) is 38.4 Å². The van der Waals surface area contributed by atoms with Gasteiger partial charge in [-0.2, -0.15) is 0 Å². The molecule has 1 aliphatic heterocycles. The minimum Gasteiger partial charge on any atom is -0.377 e. The summed E-state index contributed by atoms with van der Waals surface area (Å²) in [5.41, 5.74) is 0. The SMILES string of the molecule is CCNc1cc(N2CCOCC2C)nc(C2CC2)n1. The van der Waals surface area contributed by atoms with E-state index >= 15 is 0 Å². The number of aromatic nitrogens is 2. The van der Waals surface area contributed by atoms with Crippen molar-refractivity contribution < 1.29 is 4.74 Å². The van der Waals surface area contributed by atoms with Crippen molar-refractivity contribution >= 4 is 11.6 Å². The fourth-order valence-corrected chi connectivity index (χ4v) is 2.46. The zero-order valence-electron chi connectivity index (χ0n) is 11.7. The predicted molar refractivity (Wildman–Crippen MR) is 75.8 cm³/mol. The van der Waals surface area contributed by atoms with Gasteiger partial charge in [-0.3, -0.25) is 0 Å². The van der Waals surface area contributed by atoms with Crippen LogP contribution in [-0.2, 0) is 4.74 Å². The lowest BCUT2D eigenvalue weighted by atomic mass is 10.2. The van der Waals surface area contributed by atoms with Crippen LogP contribution >= 0.6 is 0 Å². The first-order valence-corrected chi connectivity index (χ1v) is 7.25. The molecule has 2 aliphatic rings. The Morgan fingerprint density at radius 3 is 2.95 bits per heavy atom. The van der Waals surface area contributed by atoms with E-state index in [0.29, 0.717) is 12.0 Å². The van der Waals surface area contributed by atoms with Crippen molar-refractivity contribution in [3.8, 4) is 0 Å². The van der Waals surface area contributed by atoms with Gasteiger partial charge in [0.15, 0.2) is 0 Å². The fourth-order valence-electron chi connectivity index (χ4n) is 2.46. The highest BCUT2D eigenvalue weighted by atomic mass is 16.5. The topological polar surface area (TPSA) is 50.3 Å². The number of nitrogens with zero attached hydrogens (tertiary/aromatic N) is 3. The molecule has 0 bridgehead atoms. The number of hydrogen-bond acceptors (Lipinski definition) is 5. The van der Waals surface area contributed by atoms with Crippen molar-refractivity contribution in [2.75, 3.05) is 36.5 Å². The molecule has 0 radical (unpaired) electrons. The number of hydrogen-bond donors (Lipinski definition) is 1. The minimum atomic E-state index is 0.380. The van der Waals surface area contributed by atoms with E-state index in [2.05, 4.69) is 35.1 Å². The van der Waals surface area contributed by atoms with Crippen molar-refractivity contribution in [3.63, 3.8) is 0 Å². The smallest absolute Gasteiger partial charge is 0.136 e. The molecule has 1 N–H and O–H groups in total. The monoisotopic (exact) mass is 262 g/mol. The molecule has 0 spiro atoms. The largest absolute Gasteiger partial charge is 0.377 e. The molecule has 1 atom stereocenters. The van der Waals surface area contributed by atoms with Crippen molar-refractivity contribution in [2.24, 2.45) is 0 Å². The summed E-state index contributed by atoms with van der Waals surface area (Å²) in [4.78, 5) is 11.7. The minimum absolute atomic E-state index is 0.380. The summed E-state index contributed by atoms with van der Waals surface area (Å²) in [6.45, 7) is 7.64. The van der Waals surface area contributed by atoms with E-state index in [1.54, 1.807) is 0 Å². The highest BCUT2D eigenvalue weighted by Crippen LogP contribution is 2.39. The first-order valence-electron chi connectivity index (χ1n) is 7.25. The molecule has 1 saturated carbocycles. The Morgan fingerprint density at radius 2 is 2.26 bits per heavy atom. The quantitative estimate of drug-likeness (QED) is 0.899.